The van der Waals surface area contributed by atoms with Crippen LogP contribution in [0.5, 0.6) is 0 Å². The molecule has 7 nitrogen and oxygen atoms in total. The van der Waals surface area contributed by atoms with E-state index >= 15 is 0 Å². The van der Waals surface area contributed by atoms with Crippen molar-refractivity contribution in [3.63, 3.8) is 0 Å². The predicted molar refractivity (Wildman–Crippen MR) is 72.0 cm³/mol. The molecule has 1 amide bonds. The van der Waals surface area contributed by atoms with Gasteiger partial charge >= 0.3 is 5.97 Å². The number of hydrogen-bond acceptors (Lipinski definition) is 5. The Bertz CT molecular complexity index is 502. The quantitative estimate of drug-likeness (QED) is 0.521. The molecule has 20 heavy (non-hydrogen) atoms. The molecule has 2 rings (SSSR count). The Kier molecular flexibility index (Phi) is 4.26. The number of β-lactam (4-membered cyclic amide) rings is 1. The topological polar surface area (TPSA) is 121 Å². The van der Waals surface area contributed by atoms with Gasteiger partial charge in [0, 0.05) is 28.9 Å². The largest absolute Gasteiger partial charge is 0.477 e. The van der Waals surface area contributed by atoms with Crippen LogP contribution < -0.4 is 5.73 Å². The molecule has 0 spiro atoms. The summed E-state index contributed by atoms with van der Waals surface area (Å²) < 4.78 is 11.7. The van der Waals surface area contributed by atoms with Crippen molar-refractivity contribution in [2.24, 2.45) is 11.7 Å². The van der Waals surface area contributed by atoms with Crippen molar-refractivity contribution in [1.82, 2.24) is 4.90 Å². The number of aliphatic carboxylic acids is 1. The van der Waals surface area contributed by atoms with Gasteiger partial charge in [-0.1, -0.05) is 0 Å². The maximum atomic E-state index is 11.9. The van der Waals surface area contributed by atoms with Crippen LogP contribution in [0.2, 0.25) is 0 Å². The molecule has 4 atom stereocenters. The van der Waals surface area contributed by atoms with Crippen LogP contribution in [0.25, 0.3) is 0 Å². The fourth-order valence-electron chi connectivity index (χ4n) is 2.89. The summed E-state index contributed by atoms with van der Waals surface area (Å²) in [6, 6.07) is -0.321. The molecule has 0 radical (unpaired) electrons. The molecule has 4 unspecified atom stereocenters. The van der Waals surface area contributed by atoms with Gasteiger partial charge in [-0.2, -0.15) is 0 Å². The summed E-state index contributed by atoms with van der Waals surface area (Å²) in [5.74, 6) is -1.71. The lowest BCUT2D eigenvalue weighted by atomic mass is 9.83. The smallest absolute Gasteiger partial charge is 0.352 e. The van der Waals surface area contributed by atoms with E-state index in [4.69, 9.17) is 5.73 Å². The van der Waals surface area contributed by atoms with Crippen LogP contribution in [-0.2, 0) is 20.4 Å². The van der Waals surface area contributed by atoms with Crippen molar-refractivity contribution in [3.8, 4) is 0 Å². The number of nitrogens with two attached hydrogens (primary N) is 1. The molecule has 0 aromatic rings. The molecule has 2 aliphatic rings. The molecular formula is C12H18N2O5S. The lowest BCUT2D eigenvalue weighted by molar-refractivity contribution is -0.161. The first-order chi connectivity index (χ1) is 9.38. The van der Waals surface area contributed by atoms with Gasteiger partial charge in [0.2, 0.25) is 5.91 Å². The number of carboxylic acids is 1. The Morgan fingerprint density at radius 2 is 2.25 bits per heavy atom. The predicted octanol–water partition coefficient (Wildman–Crippen LogP) is -1.36. The van der Waals surface area contributed by atoms with Crippen LogP contribution in [0.1, 0.15) is 13.3 Å². The first-order valence-corrected chi connectivity index (χ1v) is 7.88. The SMILES string of the molecule is CC(O)C1C(=O)N2C(C(=O)O)=C(CS(=O)CCN)CC12. The minimum atomic E-state index is -1.23. The summed E-state index contributed by atoms with van der Waals surface area (Å²) in [6.45, 7) is 1.79. The van der Waals surface area contributed by atoms with Gasteiger partial charge in [-0.05, 0) is 18.9 Å². The van der Waals surface area contributed by atoms with Crippen molar-refractivity contribution in [2.45, 2.75) is 25.5 Å². The molecule has 0 aromatic heterocycles. The van der Waals surface area contributed by atoms with Gasteiger partial charge in [-0.3, -0.25) is 9.00 Å². The summed E-state index contributed by atoms with van der Waals surface area (Å²) >= 11 is 0. The molecular weight excluding hydrogens is 284 g/mol. The van der Waals surface area contributed by atoms with Crippen molar-refractivity contribution < 1.29 is 24.0 Å². The highest BCUT2D eigenvalue weighted by atomic mass is 32.2. The maximum Gasteiger partial charge on any atom is 0.352 e. The summed E-state index contributed by atoms with van der Waals surface area (Å²) in [6.07, 6.45) is -0.452. The van der Waals surface area contributed by atoms with Gasteiger partial charge in [0.05, 0.1) is 18.1 Å². The minimum Gasteiger partial charge on any atom is -0.477 e. The number of aliphatic hydroxyl groups is 1. The maximum absolute atomic E-state index is 11.9. The summed E-state index contributed by atoms with van der Waals surface area (Å²) in [7, 11) is -1.23. The van der Waals surface area contributed by atoms with E-state index in [-0.39, 0.29) is 29.9 Å². The van der Waals surface area contributed by atoms with Crippen LogP contribution in [0, 0.1) is 5.92 Å². The number of hydrogen-bond donors (Lipinski definition) is 3. The average Bonchev–Trinajstić information content (AvgIpc) is 2.63. The molecule has 0 bridgehead atoms. The van der Waals surface area contributed by atoms with Crippen molar-refractivity contribution in [2.75, 3.05) is 18.1 Å². The lowest BCUT2D eigenvalue weighted by Gasteiger charge is -2.44. The Hall–Kier alpha value is -1.25. The second-order valence-corrected chi connectivity index (χ2v) is 6.66. The van der Waals surface area contributed by atoms with Gasteiger partial charge in [0.1, 0.15) is 5.70 Å². The number of rotatable bonds is 6. The fraction of sp³-hybridized carbons (Fsp3) is 0.667. The number of fused-ring (bicyclic) bond motifs is 1. The van der Waals surface area contributed by atoms with Gasteiger partial charge in [0.25, 0.3) is 0 Å². The summed E-state index contributed by atoms with van der Waals surface area (Å²) in [4.78, 5) is 24.5. The van der Waals surface area contributed by atoms with Gasteiger partial charge in [-0.25, -0.2) is 4.79 Å². The van der Waals surface area contributed by atoms with Crippen LogP contribution in [0.4, 0.5) is 0 Å². The van der Waals surface area contributed by atoms with E-state index in [9.17, 15) is 24.0 Å². The monoisotopic (exact) mass is 302 g/mol. The molecule has 1 saturated heterocycles. The molecule has 2 heterocycles. The molecule has 112 valence electrons. The zero-order valence-corrected chi connectivity index (χ0v) is 11.9. The number of carboxylic acid groups (broad SMARTS) is 1. The first kappa shape index (κ1) is 15.1. The molecule has 1 fully saturated rings. The van der Waals surface area contributed by atoms with E-state index in [0.29, 0.717) is 17.7 Å². The zero-order chi connectivity index (χ0) is 15.0. The van der Waals surface area contributed by atoms with Crippen molar-refractivity contribution >= 4 is 22.7 Å². The second-order valence-electron chi connectivity index (χ2n) is 5.08. The average molecular weight is 302 g/mol. The van der Waals surface area contributed by atoms with Crippen LogP contribution in [0.3, 0.4) is 0 Å². The highest BCUT2D eigenvalue weighted by Crippen LogP contribution is 2.43. The Balaban J connectivity index is 2.21. The highest BCUT2D eigenvalue weighted by molar-refractivity contribution is 7.85. The molecule has 0 aromatic carbocycles. The Labute approximate surface area is 118 Å². The number of nitrogens with zero attached hydrogens (tertiary/aromatic N) is 1. The van der Waals surface area contributed by atoms with E-state index in [1.807, 2.05) is 0 Å². The molecule has 2 aliphatic heterocycles. The van der Waals surface area contributed by atoms with E-state index < -0.39 is 28.8 Å². The van der Waals surface area contributed by atoms with Gasteiger partial charge in [0.15, 0.2) is 0 Å². The number of carbonyl (C=O) groups is 2. The third kappa shape index (κ3) is 2.38. The molecule has 0 saturated carbocycles. The molecule has 4 N–H and O–H groups in total. The number of amides is 1. The second kappa shape index (κ2) is 5.63. The molecule has 8 heteroatoms. The van der Waals surface area contributed by atoms with Crippen LogP contribution in [-0.4, -0.2) is 61.4 Å². The van der Waals surface area contributed by atoms with E-state index in [1.165, 1.54) is 11.8 Å². The standard InChI is InChI=1S/C12H18N2O5S/c1-6(15)9-8-4-7(5-20(19)3-2-13)10(12(17)18)14(8)11(9)16/h6,8-9,15H,2-5,13H2,1H3,(H,17,18). The highest BCUT2D eigenvalue weighted by Gasteiger charge is 2.56. The summed E-state index contributed by atoms with van der Waals surface area (Å²) in [5, 5.41) is 18.8. The van der Waals surface area contributed by atoms with E-state index in [0.717, 1.165) is 0 Å². The Morgan fingerprint density at radius 1 is 1.60 bits per heavy atom. The third-order valence-corrected chi connectivity index (χ3v) is 5.06. The fourth-order valence-corrected chi connectivity index (χ4v) is 3.94. The van der Waals surface area contributed by atoms with Gasteiger partial charge in [-0.15, -0.1) is 0 Å². The minimum absolute atomic E-state index is 0.0673. The molecule has 0 aliphatic carbocycles. The van der Waals surface area contributed by atoms with E-state index in [2.05, 4.69) is 0 Å². The van der Waals surface area contributed by atoms with Gasteiger partial charge < -0.3 is 20.8 Å². The van der Waals surface area contributed by atoms with Crippen molar-refractivity contribution in [3.05, 3.63) is 11.3 Å². The van der Waals surface area contributed by atoms with Crippen molar-refractivity contribution in [1.29, 1.82) is 0 Å². The van der Waals surface area contributed by atoms with Crippen LogP contribution >= 0.6 is 0 Å². The Morgan fingerprint density at radius 3 is 2.75 bits per heavy atom. The summed E-state index contributed by atoms with van der Waals surface area (Å²) in [5.41, 5.74) is 5.76. The third-order valence-electron chi connectivity index (χ3n) is 3.70. The number of aliphatic hydroxyl groups excluding tert-OH is 1. The van der Waals surface area contributed by atoms with Crippen LogP contribution in [0.15, 0.2) is 11.3 Å². The first-order valence-electron chi connectivity index (χ1n) is 6.40. The lowest BCUT2D eigenvalue weighted by Crippen LogP contribution is -2.61. The normalized spacial score (nSPS) is 28.1. The number of carbonyl (C=O) groups excluding carboxylic acids is 1. The zero-order valence-electron chi connectivity index (χ0n) is 11.1. The van der Waals surface area contributed by atoms with E-state index in [1.54, 1.807) is 0 Å².